The molecule has 1 amide bonds. The lowest BCUT2D eigenvalue weighted by molar-refractivity contribution is 0.0761. The van der Waals surface area contributed by atoms with Crippen molar-refractivity contribution in [2.75, 3.05) is 12.3 Å². The molecule has 5 heteroatoms. The molecule has 104 valence electrons. The van der Waals surface area contributed by atoms with Gasteiger partial charge in [0.25, 0.3) is 5.91 Å². The highest BCUT2D eigenvalue weighted by atomic mass is 32.2. The lowest BCUT2D eigenvalue weighted by Gasteiger charge is -2.23. The van der Waals surface area contributed by atoms with Crippen molar-refractivity contribution in [2.45, 2.75) is 12.3 Å². The Labute approximate surface area is 125 Å². The van der Waals surface area contributed by atoms with Gasteiger partial charge in [-0.1, -0.05) is 6.07 Å². The zero-order valence-corrected chi connectivity index (χ0v) is 12.6. The highest BCUT2D eigenvalue weighted by molar-refractivity contribution is 7.99. The van der Waals surface area contributed by atoms with Crippen molar-refractivity contribution in [3.63, 3.8) is 0 Å². The van der Waals surface area contributed by atoms with E-state index >= 15 is 0 Å². The minimum Gasteiger partial charge on any atom is -0.321 e. The van der Waals surface area contributed by atoms with Crippen LogP contribution in [0.25, 0.3) is 0 Å². The first-order valence-corrected chi connectivity index (χ1v) is 8.26. The standard InChI is InChI=1S/C15H14FNOS2/c1-10-5-6-13(20-10)15-17(7-8-19-15)14(18)11-3-2-4-12(16)9-11/h2-6,9,15H,7-8H2,1H3. The van der Waals surface area contributed by atoms with Crippen LogP contribution in [0.3, 0.4) is 0 Å². The third-order valence-corrected chi connectivity index (χ3v) is 5.67. The minimum absolute atomic E-state index is 0.0597. The lowest BCUT2D eigenvalue weighted by atomic mass is 10.2. The molecule has 1 aliphatic rings. The molecule has 1 saturated heterocycles. The summed E-state index contributed by atoms with van der Waals surface area (Å²) in [7, 11) is 0. The number of carbonyl (C=O) groups excluding carboxylic acids is 1. The van der Waals surface area contributed by atoms with Gasteiger partial charge in [-0.15, -0.1) is 23.1 Å². The maximum atomic E-state index is 13.3. The van der Waals surface area contributed by atoms with Crippen molar-refractivity contribution in [1.29, 1.82) is 0 Å². The molecule has 2 nitrogen and oxygen atoms in total. The average molecular weight is 307 g/mol. The maximum Gasteiger partial charge on any atom is 0.255 e. The van der Waals surface area contributed by atoms with Crippen LogP contribution in [0.2, 0.25) is 0 Å². The summed E-state index contributed by atoms with van der Waals surface area (Å²) < 4.78 is 13.3. The summed E-state index contributed by atoms with van der Waals surface area (Å²) in [5, 5.41) is 0.0597. The van der Waals surface area contributed by atoms with Crippen LogP contribution < -0.4 is 0 Å². The van der Waals surface area contributed by atoms with Crippen LogP contribution in [0.4, 0.5) is 4.39 Å². The van der Waals surface area contributed by atoms with E-state index in [4.69, 9.17) is 0 Å². The Bertz CT molecular complexity index is 640. The predicted octanol–water partition coefficient (Wildman–Crippen LogP) is 4.08. The second kappa shape index (κ2) is 5.58. The van der Waals surface area contributed by atoms with Crippen LogP contribution in [0.1, 0.15) is 25.5 Å². The average Bonchev–Trinajstić information content (AvgIpc) is 3.06. The molecule has 2 aromatic rings. The van der Waals surface area contributed by atoms with E-state index in [9.17, 15) is 9.18 Å². The number of benzene rings is 1. The van der Waals surface area contributed by atoms with Gasteiger partial charge in [0.2, 0.25) is 0 Å². The van der Waals surface area contributed by atoms with Crippen LogP contribution in [0.15, 0.2) is 36.4 Å². The van der Waals surface area contributed by atoms with Crippen molar-refractivity contribution in [3.05, 3.63) is 57.5 Å². The molecule has 0 aliphatic carbocycles. The molecule has 1 aromatic carbocycles. The number of rotatable bonds is 2. The molecule has 2 heterocycles. The summed E-state index contributed by atoms with van der Waals surface area (Å²) in [4.78, 5) is 16.8. The van der Waals surface area contributed by atoms with Crippen LogP contribution in [-0.2, 0) is 0 Å². The van der Waals surface area contributed by atoms with E-state index in [1.165, 1.54) is 21.9 Å². The molecular weight excluding hydrogens is 293 g/mol. The molecule has 0 saturated carbocycles. The van der Waals surface area contributed by atoms with E-state index in [1.807, 2.05) is 4.90 Å². The lowest BCUT2D eigenvalue weighted by Crippen LogP contribution is -2.30. The van der Waals surface area contributed by atoms with Gasteiger partial charge in [-0.3, -0.25) is 4.79 Å². The van der Waals surface area contributed by atoms with Crippen LogP contribution in [-0.4, -0.2) is 23.1 Å². The molecule has 0 N–H and O–H groups in total. The topological polar surface area (TPSA) is 20.3 Å². The molecule has 3 rings (SSSR count). The first-order chi connectivity index (χ1) is 9.65. The Balaban J connectivity index is 1.87. The maximum absolute atomic E-state index is 13.3. The van der Waals surface area contributed by atoms with Gasteiger partial charge in [-0.25, -0.2) is 4.39 Å². The van der Waals surface area contributed by atoms with E-state index < -0.39 is 0 Å². The Kier molecular flexibility index (Phi) is 3.81. The highest BCUT2D eigenvalue weighted by Crippen LogP contribution is 2.41. The SMILES string of the molecule is Cc1ccc(C2SCCN2C(=O)c2cccc(F)c2)s1. The number of nitrogens with zero attached hydrogens (tertiary/aromatic N) is 1. The van der Waals surface area contributed by atoms with Crippen molar-refractivity contribution >= 4 is 29.0 Å². The normalized spacial score (nSPS) is 18.5. The molecule has 0 bridgehead atoms. The number of thioether (sulfide) groups is 1. The number of carbonyl (C=O) groups is 1. The summed E-state index contributed by atoms with van der Waals surface area (Å²) in [5.74, 6) is 0.458. The quantitative estimate of drug-likeness (QED) is 0.833. The summed E-state index contributed by atoms with van der Waals surface area (Å²) in [6.45, 7) is 2.77. The van der Waals surface area contributed by atoms with Crippen molar-refractivity contribution in [1.82, 2.24) is 4.90 Å². The minimum atomic E-state index is -0.369. The number of aryl methyl sites for hydroxylation is 1. The van der Waals surface area contributed by atoms with E-state index in [2.05, 4.69) is 19.1 Å². The third kappa shape index (κ3) is 2.60. The van der Waals surface area contributed by atoms with Gasteiger partial charge in [0.1, 0.15) is 11.2 Å². The number of amides is 1. The number of hydrogen-bond donors (Lipinski definition) is 0. The van der Waals surface area contributed by atoms with Crippen LogP contribution in [0, 0.1) is 12.7 Å². The largest absolute Gasteiger partial charge is 0.321 e. The Morgan fingerprint density at radius 3 is 2.90 bits per heavy atom. The molecule has 1 atom stereocenters. The predicted molar refractivity (Wildman–Crippen MR) is 81.7 cm³/mol. The summed E-state index contributed by atoms with van der Waals surface area (Å²) in [6.07, 6.45) is 0. The molecule has 1 aliphatic heterocycles. The fraction of sp³-hybridized carbons (Fsp3) is 0.267. The Morgan fingerprint density at radius 2 is 2.20 bits per heavy atom. The Hall–Kier alpha value is -1.33. The van der Waals surface area contributed by atoms with E-state index in [-0.39, 0.29) is 17.1 Å². The van der Waals surface area contributed by atoms with Gasteiger partial charge in [0.05, 0.1) is 0 Å². The Morgan fingerprint density at radius 1 is 1.35 bits per heavy atom. The third-order valence-electron chi connectivity index (χ3n) is 3.23. The van der Waals surface area contributed by atoms with Gasteiger partial charge in [-0.05, 0) is 37.3 Å². The highest BCUT2D eigenvalue weighted by Gasteiger charge is 2.32. The van der Waals surface area contributed by atoms with Crippen LogP contribution >= 0.6 is 23.1 Å². The first kappa shape index (κ1) is 13.6. The number of hydrogen-bond acceptors (Lipinski definition) is 3. The molecule has 0 radical (unpaired) electrons. The molecule has 1 aromatic heterocycles. The molecule has 0 spiro atoms. The van der Waals surface area contributed by atoms with Gasteiger partial charge in [-0.2, -0.15) is 0 Å². The van der Waals surface area contributed by atoms with Crippen molar-refractivity contribution < 1.29 is 9.18 Å². The summed E-state index contributed by atoms with van der Waals surface area (Å²) in [6, 6.07) is 10.1. The van der Waals surface area contributed by atoms with E-state index in [0.717, 1.165) is 5.75 Å². The van der Waals surface area contributed by atoms with E-state index in [1.54, 1.807) is 35.2 Å². The molecule has 20 heavy (non-hydrogen) atoms. The summed E-state index contributed by atoms with van der Waals surface area (Å²) in [5.41, 5.74) is 0.422. The smallest absolute Gasteiger partial charge is 0.255 e. The second-order valence-electron chi connectivity index (χ2n) is 4.68. The second-order valence-corrected chi connectivity index (χ2v) is 7.19. The fourth-order valence-corrected chi connectivity index (χ4v) is 4.66. The van der Waals surface area contributed by atoms with Gasteiger partial charge in [0, 0.05) is 27.6 Å². The van der Waals surface area contributed by atoms with E-state index in [0.29, 0.717) is 12.1 Å². The first-order valence-electron chi connectivity index (χ1n) is 6.39. The number of halogens is 1. The molecule has 1 unspecified atom stereocenters. The number of thiophene rings is 1. The van der Waals surface area contributed by atoms with Crippen molar-refractivity contribution in [3.8, 4) is 0 Å². The van der Waals surface area contributed by atoms with Gasteiger partial charge >= 0.3 is 0 Å². The molecule has 1 fully saturated rings. The zero-order chi connectivity index (χ0) is 14.1. The fourth-order valence-electron chi connectivity index (χ4n) is 2.29. The monoisotopic (exact) mass is 307 g/mol. The molecular formula is C15H14FNOS2. The van der Waals surface area contributed by atoms with Gasteiger partial charge < -0.3 is 4.90 Å². The summed E-state index contributed by atoms with van der Waals surface area (Å²) >= 11 is 3.48. The van der Waals surface area contributed by atoms with Crippen molar-refractivity contribution in [2.24, 2.45) is 0 Å². The zero-order valence-electron chi connectivity index (χ0n) is 11.0. The van der Waals surface area contributed by atoms with Crippen LogP contribution in [0.5, 0.6) is 0 Å². The van der Waals surface area contributed by atoms with Gasteiger partial charge in [0.15, 0.2) is 0 Å².